The molecule has 0 saturated heterocycles. The van der Waals surface area contributed by atoms with Crippen molar-refractivity contribution in [1.82, 2.24) is 0 Å². The van der Waals surface area contributed by atoms with Crippen LogP contribution in [0.2, 0.25) is 0 Å². The first-order chi connectivity index (χ1) is 4.04. The van der Waals surface area contributed by atoms with Gasteiger partial charge in [0.25, 0.3) is 0 Å². The van der Waals surface area contributed by atoms with Crippen molar-refractivity contribution in [2.24, 2.45) is 17.2 Å². The summed E-state index contributed by atoms with van der Waals surface area (Å²) in [6, 6.07) is -0.942. The fourth-order valence-electron chi connectivity index (χ4n) is 0.317. The minimum atomic E-state index is -0.942. The molecule has 0 saturated carbocycles. The second-order valence-electron chi connectivity index (χ2n) is 1.68. The molecule has 10 heavy (non-hydrogen) atoms. The summed E-state index contributed by atoms with van der Waals surface area (Å²) in [4.78, 5) is 20.2. The molecule has 0 aliphatic rings. The van der Waals surface area contributed by atoms with Crippen LogP contribution in [-0.2, 0) is 9.59 Å². The maximum atomic E-state index is 10.1. The van der Waals surface area contributed by atoms with Gasteiger partial charge in [-0.15, -0.1) is 12.4 Å². The van der Waals surface area contributed by atoms with Gasteiger partial charge in [-0.2, -0.15) is 0 Å². The highest BCUT2D eigenvalue weighted by Crippen LogP contribution is 1.82. The molecule has 0 rings (SSSR count). The Bertz CT molecular complexity index is 138. The second-order valence-corrected chi connectivity index (χ2v) is 1.68. The molecule has 0 fully saturated rings. The third-order valence-corrected chi connectivity index (χ3v) is 0.787. The fraction of sp³-hybridized carbons (Fsp3) is 0.500. The maximum absolute atomic E-state index is 10.1. The van der Waals surface area contributed by atoms with E-state index in [1.54, 1.807) is 0 Å². The first-order valence-corrected chi connectivity index (χ1v) is 2.37. The summed E-state index contributed by atoms with van der Waals surface area (Å²) in [6.45, 7) is 0. The quantitative estimate of drug-likeness (QED) is 0.456. The smallest absolute Gasteiger partial charge is 0.234 e. The third kappa shape index (κ3) is 5.33. The number of amides is 2. The first kappa shape index (κ1) is 11.9. The molecule has 0 aromatic rings. The lowest BCUT2D eigenvalue weighted by atomic mass is 10.2. The normalized spacial score (nSPS) is 11.3. The summed E-state index contributed by atoms with van der Waals surface area (Å²) >= 11 is 0. The summed E-state index contributed by atoms with van der Waals surface area (Å²) in [5.41, 5.74) is 14.5. The monoisotopic (exact) mass is 167 g/mol. The molecule has 1 atom stereocenters. The number of primary amides is 2. The Morgan fingerprint density at radius 2 is 1.70 bits per heavy atom. The van der Waals surface area contributed by atoms with Crippen LogP contribution in [0.1, 0.15) is 6.42 Å². The molecule has 0 heterocycles. The standard InChI is InChI=1S/C4H9N3O2.ClH/c5-2(4(7)9)1-3(6)8;/h2H,1,5H2,(H2,6,8)(H2,7,9);1H. The molecule has 0 radical (unpaired) electrons. The van der Waals surface area contributed by atoms with Crippen molar-refractivity contribution in [2.75, 3.05) is 0 Å². The van der Waals surface area contributed by atoms with E-state index < -0.39 is 17.9 Å². The SMILES string of the molecule is Cl.NC(=O)CC(N)C(N)=O. The van der Waals surface area contributed by atoms with Crippen LogP contribution < -0.4 is 17.2 Å². The lowest BCUT2D eigenvalue weighted by molar-refractivity contribution is -0.124. The van der Waals surface area contributed by atoms with Crippen molar-refractivity contribution in [3.8, 4) is 0 Å². The topological polar surface area (TPSA) is 112 Å². The van der Waals surface area contributed by atoms with Gasteiger partial charge in [0.05, 0.1) is 12.5 Å². The van der Waals surface area contributed by atoms with E-state index in [1.165, 1.54) is 0 Å². The zero-order valence-electron chi connectivity index (χ0n) is 5.24. The predicted octanol–water partition coefficient (Wildman–Crippen LogP) is -1.90. The van der Waals surface area contributed by atoms with Crippen molar-refractivity contribution in [1.29, 1.82) is 0 Å². The molecule has 0 aliphatic carbocycles. The average molecular weight is 168 g/mol. The van der Waals surface area contributed by atoms with Crippen LogP contribution in [0, 0.1) is 0 Å². The van der Waals surface area contributed by atoms with Crippen LogP contribution in [0.4, 0.5) is 0 Å². The van der Waals surface area contributed by atoms with E-state index in [1.807, 2.05) is 0 Å². The van der Waals surface area contributed by atoms with Crippen LogP contribution in [0.5, 0.6) is 0 Å². The molecule has 6 N–H and O–H groups in total. The molecule has 60 valence electrons. The highest BCUT2D eigenvalue weighted by Gasteiger charge is 2.10. The van der Waals surface area contributed by atoms with Crippen LogP contribution in [0.15, 0.2) is 0 Å². The van der Waals surface area contributed by atoms with Gasteiger partial charge in [0.2, 0.25) is 11.8 Å². The van der Waals surface area contributed by atoms with E-state index >= 15 is 0 Å². The third-order valence-electron chi connectivity index (χ3n) is 0.787. The minimum absolute atomic E-state index is 0. The van der Waals surface area contributed by atoms with Crippen molar-refractivity contribution in [2.45, 2.75) is 12.5 Å². The minimum Gasteiger partial charge on any atom is -0.370 e. The Labute approximate surface area is 64.3 Å². The van der Waals surface area contributed by atoms with Gasteiger partial charge in [-0.1, -0.05) is 0 Å². The average Bonchev–Trinajstić information content (AvgIpc) is 1.63. The van der Waals surface area contributed by atoms with Gasteiger partial charge in [-0.3, -0.25) is 9.59 Å². The van der Waals surface area contributed by atoms with Gasteiger partial charge in [0.1, 0.15) is 0 Å². The fourth-order valence-corrected chi connectivity index (χ4v) is 0.317. The molecule has 6 heteroatoms. The van der Waals surface area contributed by atoms with Crippen LogP contribution in [0.25, 0.3) is 0 Å². The van der Waals surface area contributed by atoms with Gasteiger partial charge < -0.3 is 17.2 Å². The number of hydrogen-bond acceptors (Lipinski definition) is 3. The Hall–Kier alpha value is -0.810. The van der Waals surface area contributed by atoms with Crippen LogP contribution >= 0.6 is 12.4 Å². The van der Waals surface area contributed by atoms with Crippen molar-refractivity contribution in [3.05, 3.63) is 0 Å². The summed E-state index contributed by atoms with van der Waals surface area (Å²) in [7, 11) is 0. The predicted molar refractivity (Wildman–Crippen MR) is 38.2 cm³/mol. The van der Waals surface area contributed by atoms with E-state index in [4.69, 9.17) is 17.2 Å². The second kappa shape index (κ2) is 5.01. The Kier molecular flexibility index (Phi) is 5.98. The number of halogens is 1. The van der Waals surface area contributed by atoms with E-state index in [-0.39, 0.29) is 18.8 Å². The summed E-state index contributed by atoms with van der Waals surface area (Å²) in [5, 5.41) is 0. The molecule has 5 nitrogen and oxygen atoms in total. The lowest BCUT2D eigenvalue weighted by Gasteiger charge is -2.01. The number of nitrogens with two attached hydrogens (primary N) is 3. The Balaban J connectivity index is 0. The molecule has 2 amide bonds. The maximum Gasteiger partial charge on any atom is 0.234 e. The number of rotatable bonds is 3. The molecular weight excluding hydrogens is 158 g/mol. The van der Waals surface area contributed by atoms with Crippen molar-refractivity contribution < 1.29 is 9.59 Å². The first-order valence-electron chi connectivity index (χ1n) is 2.37. The number of carbonyl (C=O) groups is 2. The van der Waals surface area contributed by atoms with Gasteiger partial charge in [-0.05, 0) is 0 Å². The van der Waals surface area contributed by atoms with E-state index in [0.29, 0.717) is 0 Å². The van der Waals surface area contributed by atoms with E-state index in [9.17, 15) is 9.59 Å². The van der Waals surface area contributed by atoms with Gasteiger partial charge in [0.15, 0.2) is 0 Å². The van der Waals surface area contributed by atoms with Gasteiger partial charge in [-0.25, -0.2) is 0 Å². The summed E-state index contributed by atoms with van der Waals surface area (Å²) in [6.07, 6.45) is -0.185. The molecule has 0 bridgehead atoms. The molecule has 0 aromatic heterocycles. The molecule has 0 aromatic carbocycles. The largest absolute Gasteiger partial charge is 0.370 e. The number of hydrogen-bond donors (Lipinski definition) is 3. The van der Waals surface area contributed by atoms with Crippen LogP contribution in [-0.4, -0.2) is 17.9 Å². The van der Waals surface area contributed by atoms with E-state index in [0.717, 1.165) is 0 Å². The Morgan fingerprint density at radius 1 is 1.30 bits per heavy atom. The highest BCUT2D eigenvalue weighted by molar-refractivity contribution is 5.86. The lowest BCUT2D eigenvalue weighted by Crippen LogP contribution is -2.39. The molecule has 0 spiro atoms. The number of carbonyl (C=O) groups excluding carboxylic acids is 2. The molecule has 1 unspecified atom stereocenters. The molecular formula is C4H10ClN3O2. The van der Waals surface area contributed by atoms with Crippen LogP contribution in [0.3, 0.4) is 0 Å². The summed E-state index contributed by atoms with van der Waals surface area (Å²) in [5.74, 6) is -1.34. The highest BCUT2D eigenvalue weighted by atomic mass is 35.5. The Morgan fingerprint density at radius 3 is 1.80 bits per heavy atom. The van der Waals surface area contributed by atoms with Crippen molar-refractivity contribution in [3.63, 3.8) is 0 Å². The van der Waals surface area contributed by atoms with Gasteiger partial charge >= 0.3 is 0 Å². The zero-order valence-corrected chi connectivity index (χ0v) is 6.06. The van der Waals surface area contributed by atoms with E-state index in [2.05, 4.69) is 0 Å². The molecule has 0 aliphatic heterocycles. The van der Waals surface area contributed by atoms with Gasteiger partial charge in [0, 0.05) is 0 Å². The zero-order chi connectivity index (χ0) is 7.44. The van der Waals surface area contributed by atoms with Crippen molar-refractivity contribution >= 4 is 24.2 Å². The summed E-state index contributed by atoms with van der Waals surface area (Å²) < 4.78 is 0.